The Bertz CT molecular complexity index is 593. The van der Waals surface area contributed by atoms with Crippen LogP contribution >= 0.6 is 0 Å². The molecule has 3 heteroatoms. The maximum absolute atomic E-state index is 4.48. The summed E-state index contributed by atoms with van der Waals surface area (Å²) in [6.45, 7) is 5.14. The van der Waals surface area contributed by atoms with Crippen LogP contribution in [0.1, 0.15) is 60.7 Å². The van der Waals surface area contributed by atoms with E-state index in [1.54, 1.807) is 0 Å². The van der Waals surface area contributed by atoms with E-state index in [0.29, 0.717) is 0 Å². The average Bonchev–Trinajstić information content (AvgIpc) is 2.74. The molecule has 1 aromatic heterocycles. The zero-order chi connectivity index (χ0) is 14.8. The van der Waals surface area contributed by atoms with Crippen LogP contribution in [0, 0.1) is 6.92 Å². The van der Waals surface area contributed by atoms with Crippen LogP contribution in [0.2, 0.25) is 0 Å². The molecule has 3 nitrogen and oxygen atoms in total. The van der Waals surface area contributed by atoms with Gasteiger partial charge in [-0.15, -0.1) is 0 Å². The summed E-state index contributed by atoms with van der Waals surface area (Å²) in [5.41, 5.74) is 5.12. The van der Waals surface area contributed by atoms with Gasteiger partial charge in [-0.2, -0.15) is 5.10 Å². The summed E-state index contributed by atoms with van der Waals surface area (Å²) in [5, 5.41) is 8.07. The molecule has 1 fully saturated rings. The molecule has 0 aliphatic heterocycles. The Labute approximate surface area is 127 Å². The van der Waals surface area contributed by atoms with Crippen molar-refractivity contribution in [2.24, 2.45) is 7.05 Å². The van der Waals surface area contributed by atoms with Gasteiger partial charge >= 0.3 is 0 Å². The van der Waals surface area contributed by atoms with Gasteiger partial charge in [0, 0.05) is 7.05 Å². The summed E-state index contributed by atoms with van der Waals surface area (Å²) < 4.78 is 1.99. The van der Waals surface area contributed by atoms with Crippen LogP contribution in [0.15, 0.2) is 30.3 Å². The first-order chi connectivity index (χ1) is 10.2. The quantitative estimate of drug-likeness (QED) is 0.907. The minimum atomic E-state index is 0.219. The Morgan fingerprint density at radius 2 is 2.00 bits per heavy atom. The van der Waals surface area contributed by atoms with Gasteiger partial charge in [0.25, 0.3) is 0 Å². The molecular weight excluding hydrogens is 258 g/mol. The maximum Gasteiger partial charge on any atom is 0.0748 e. The third-order valence-corrected chi connectivity index (χ3v) is 4.59. The van der Waals surface area contributed by atoms with E-state index >= 15 is 0 Å². The van der Waals surface area contributed by atoms with E-state index in [9.17, 15) is 0 Å². The SMILES string of the molecule is CCNC(c1ccc(C2CCC2)cc1)c1cc(C)nn1C. The average molecular weight is 283 g/mol. The summed E-state index contributed by atoms with van der Waals surface area (Å²) in [6, 6.07) is 11.6. The highest BCUT2D eigenvalue weighted by atomic mass is 15.3. The molecule has 1 unspecified atom stereocenters. The van der Waals surface area contributed by atoms with E-state index in [1.807, 2.05) is 18.7 Å². The van der Waals surface area contributed by atoms with Crippen LogP contribution in [-0.2, 0) is 7.05 Å². The summed E-state index contributed by atoms with van der Waals surface area (Å²) in [7, 11) is 2.02. The lowest BCUT2D eigenvalue weighted by molar-refractivity contribution is 0.419. The second-order valence-electron chi connectivity index (χ2n) is 6.12. The second-order valence-corrected chi connectivity index (χ2v) is 6.12. The number of nitrogens with zero attached hydrogens (tertiary/aromatic N) is 2. The summed E-state index contributed by atoms with van der Waals surface area (Å²) >= 11 is 0. The summed E-state index contributed by atoms with van der Waals surface area (Å²) in [4.78, 5) is 0. The Morgan fingerprint density at radius 1 is 1.29 bits per heavy atom. The van der Waals surface area contributed by atoms with Gasteiger partial charge in [-0.25, -0.2) is 0 Å². The van der Waals surface area contributed by atoms with E-state index in [1.165, 1.54) is 36.1 Å². The van der Waals surface area contributed by atoms with Gasteiger partial charge in [0.05, 0.1) is 17.4 Å². The van der Waals surface area contributed by atoms with E-state index in [4.69, 9.17) is 0 Å². The van der Waals surface area contributed by atoms with Crippen molar-refractivity contribution in [1.29, 1.82) is 0 Å². The van der Waals surface area contributed by atoms with Crippen molar-refractivity contribution >= 4 is 0 Å². The largest absolute Gasteiger partial charge is 0.305 e. The maximum atomic E-state index is 4.48. The minimum absolute atomic E-state index is 0.219. The summed E-state index contributed by atoms with van der Waals surface area (Å²) in [6.07, 6.45) is 4.11. The molecule has 1 N–H and O–H groups in total. The predicted molar refractivity (Wildman–Crippen MR) is 86.5 cm³/mol. The fourth-order valence-electron chi connectivity index (χ4n) is 3.20. The zero-order valence-corrected chi connectivity index (χ0v) is 13.3. The standard InChI is InChI=1S/C18H25N3/c1-4-19-18(17-12-13(2)20-21(17)3)16-10-8-15(9-11-16)14-6-5-7-14/h8-12,14,18-19H,4-7H2,1-3H3. The Balaban J connectivity index is 1.87. The lowest BCUT2D eigenvalue weighted by Crippen LogP contribution is -2.24. The van der Waals surface area contributed by atoms with Gasteiger partial charge in [0.15, 0.2) is 0 Å². The van der Waals surface area contributed by atoms with Gasteiger partial charge < -0.3 is 5.32 Å². The highest BCUT2D eigenvalue weighted by Gasteiger charge is 2.21. The molecule has 0 amide bonds. The van der Waals surface area contributed by atoms with Gasteiger partial charge in [-0.05, 0) is 49.4 Å². The van der Waals surface area contributed by atoms with Crippen LogP contribution < -0.4 is 5.32 Å². The van der Waals surface area contributed by atoms with Crippen molar-refractivity contribution in [3.63, 3.8) is 0 Å². The number of rotatable bonds is 5. The van der Waals surface area contributed by atoms with Gasteiger partial charge in [0.1, 0.15) is 0 Å². The lowest BCUT2D eigenvalue weighted by atomic mass is 9.80. The van der Waals surface area contributed by atoms with Crippen LogP contribution in [0.3, 0.4) is 0 Å². The molecule has 0 saturated heterocycles. The molecule has 1 atom stereocenters. The second kappa shape index (κ2) is 6.02. The molecule has 0 radical (unpaired) electrons. The number of aryl methyl sites for hydroxylation is 2. The Morgan fingerprint density at radius 3 is 2.48 bits per heavy atom. The van der Waals surface area contributed by atoms with Gasteiger partial charge in [-0.3, -0.25) is 4.68 Å². The van der Waals surface area contributed by atoms with Crippen LogP contribution in [-0.4, -0.2) is 16.3 Å². The topological polar surface area (TPSA) is 29.9 Å². The first kappa shape index (κ1) is 14.3. The van der Waals surface area contributed by atoms with Crippen molar-refractivity contribution in [2.45, 2.75) is 45.1 Å². The first-order valence-electron chi connectivity index (χ1n) is 8.03. The minimum Gasteiger partial charge on any atom is -0.305 e. The Hall–Kier alpha value is -1.61. The molecular formula is C18H25N3. The van der Waals surface area contributed by atoms with Crippen molar-refractivity contribution < 1.29 is 0 Å². The van der Waals surface area contributed by atoms with Crippen LogP contribution in [0.4, 0.5) is 0 Å². The van der Waals surface area contributed by atoms with Crippen molar-refractivity contribution in [3.05, 3.63) is 52.8 Å². The van der Waals surface area contributed by atoms with Crippen molar-refractivity contribution in [3.8, 4) is 0 Å². The number of aromatic nitrogens is 2. The molecule has 1 aliphatic rings. The number of hydrogen-bond donors (Lipinski definition) is 1. The van der Waals surface area contributed by atoms with E-state index in [0.717, 1.165) is 18.2 Å². The van der Waals surface area contributed by atoms with Crippen LogP contribution in [0.25, 0.3) is 0 Å². The number of hydrogen-bond acceptors (Lipinski definition) is 2. The molecule has 21 heavy (non-hydrogen) atoms. The molecule has 1 heterocycles. The molecule has 3 rings (SSSR count). The number of nitrogens with one attached hydrogen (secondary N) is 1. The highest BCUT2D eigenvalue weighted by Crippen LogP contribution is 2.36. The smallest absolute Gasteiger partial charge is 0.0748 e. The van der Waals surface area contributed by atoms with E-state index in [2.05, 4.69) is 47.7 Å². The molecule has 2 aromatic rings. The third-order valence-electron chi connectivity index (χ3n) is 4.59. The summed E-state index contributed by atoms with van der Waals surface area (Å²) in [5.74, 6) is 0.801. The molecule has 0 spiro atoms. The fraction of sp³-hybridized carbons (Fsp3) is 0.500. The van der Waals surface area contributed by atoms with E-state index in [-0.39, 0.29) is 6.04 Å². The van der Waals surface area contributed by atoms with Gasteiger partial charge in [-0.1, -0.05) is 37.6 Å². The van der Waals surface area contributed by atoms with Crippen molar-refractivity contribution in [1.82, 2.24) is 15.1 Å². The van der Waals surface area contributed by atoms with Crippen molar-refractivity contribution in [2.75, 3.05) is 6.54 Å². The molecule has 1 aromatic carbocycles. The molecule has 1 saturated carbocycles. The Kier molecular flexibility index (Phi) is 4.11. The molecule has 0 bridgehead atoms. The monoisotopic (exact) mass is 283 g/mol. The fourth-order valence-corrected chi connectivity index (χ4v) is 3.20. The molecule has 1 aliphatic carbocycles. The van der Waals surface area contributed by atoms with Crippen LogP contribution in [0.5, 0.6) is 0 Å². The first-order valence-corrected chi connectivity index (χ1v) is 8.03. The normalized spacial score (nSPS) is 16.7. The highest BCUT2D eigenvalue weighted by molar-refractivity contribution is 5.33. The van der Waals surface area contributed by atoms with E-state index < -0.39 is 0 Å². The zero-order valence-electron chi connectivity index (χ0n) is 13.3. The number of benzene rings is 1. The third kappa shape index (κ3) is 2.88. The van der Waals surface area contributed by atoms with Gasteiger partial charge in [0.2, 0.25) is 0 Å². The molecule has 112 valence electrons. The lowest BCUT2D eigenvalue weighted by Gasteiger charge is -2.26. The predicted octanol–water partition coefficient (Wildman–Crippen LogP) is 3.69.